The lowest BCUT2D eigenvalue weighted by Gasteiger charge is -2.17. The summed E-state index contributed by atoms with van der Waals surface area (Å²) in [6, 6.07) is 0.621. The second-order valence-corrected chi connectivity index (χ2v) is 12.9. The van der Waals surface area contributed by atoms with Crippen LogP contribution in [-0.2, 0) is 0 Å². The summed E-state index contributed by atoms with van der Waals surface area (Å²) in [6.07, 6.45) is 44.2. The maximum Gasteiger partial charge on any atom is 0.257 e. The molecule has 0 amide bonds. The molecule has 0 aliphatic rings. The third-order valence-corrected chi connectivity index (χ3v) is 9.14. The lowest BCUT2D eigenvalue weighted by atomic mass is 9.92. The summed E-state index contributed by atoms with van der Waals surface area (Å²) in [5, 5.41) is 0. The lowest BCUT2D eigenvalue weighted by molar-refractivity contribution is -0.727. The molecule has 1 rings (SSSR count). The van der Waals surface area contributed by atoms with Crippen molar-refractivity contribution in [2.24, 2.45) is 0 Å². The number of nitrogens with zero attached hydrogens (tertiary/aromatic N) is 1. The van der Waals surface area contributed by atoms with Crippen molar-refractivity contribution in [2.75, 3.05) is 0 Å². The molecule has 0 spiro atoms. The van der Waals surface area contributed by atoms with Gasteiger partial charge in [-0.1, -0.05) is 175 Å². The van der Waals surface area contributed by atoms with Crippen LogP contribution in [0.4, 0.5) is 0 Å². The second kappa shape index (κ2) is 27.4. The molecule has 1 heterocycles. The van der Waals surface area contributed by atoms with Crippen LogP contribution in [0.15, 0.2) is 12.4 Å². The normalized spacial score (nSPS) is 13.2. The molecule has 0 aliphatic heterocycles. The Hall–Kier alpha value is -0.790. The van der Waals surface area contributed by atoms with Crippen molar-refractivity contribution in [2.45, 2.75) is 219 Å². The Kier molecular flexibility index (Phi) is 25.4. The smallest absolute Gasteiger partial charge is 0.247 e. The maximum absolute atomic E-state index is 3.73. The second-order valence-electron chi connectivity index (χ2n) is 12.9. The van der Waals surface area contributed by atoms with Gasteiger partial charge in [0.1, 0.15) is 12.4 Å². The fraction of sp³-hybridized carbons (Fsp3) is 0.919. The van der Waals surface area contributed by atoms with Crippen LogP contribution in [0, 0.1) is 0 Å². The first-order valence-corrected chi connectivity index (χ1v) is 18.3. The van der Waals surface area contributed by atoms with Gasteiger partial charge in [0.25, 0.3) is 5.82 Å². The van der Waals surface area contributed by atoms with Crippen molar-refractivity contribution in [3.63, 3.8) is 0 Å². The van der Waals surface area contributed by atoms with Gasteiger partial charge in [0.15, 0.2) is 0 Å². The van der Waals surface area contributed by atoms with Gasteiger partial charge in [0.2, 0.25) is 0 Å². The molecular weight excluding hydrogens is 472 g/mol. The molecular formula is C37H73N2+. The molecule has 0 aromatic carbocycles. The molecule has 1 N–H and O–H groups in total. The predicted molar refractivity (Wildman–Crippen MR) is 175 cm³/mol. The number of nitrogens with one attached hydrogen (secondary N) is 1. The summed E-state index contributed by atoms with van der Waals surface area (Å²) < 4.78 is 2.62. The number of aromatic nitrogens is 2. The molecule has 2 heteroatoms. The summed E-state index contributed by atoms with van der Waals surface area (Å²) in [7, 11) is 0. The molecule has 0 bridgehead atoms. The highest BCUT2D eigenvalue weighted by atomic mass is 15.1. The van der Waals surface area contributed by atoms with E-state index in [1.165, 1.54) is 186 Å². The fourth-order valence-corrected chi connectivity index (χ4v) is 6.43. The summed E-state index contributed by atoms with van der Waals surface area (Å²) in [5.74, 6) is 2.24. The Morgan fingerprint density at radius 1 is 0.487 bits per heavy atom. The van der Waals surface area contributed by atoms with Crippen LogP contribution in [0.2, 0.25) is 0 Å². The van der Waals surface area contributed by atoms with Crippen molar-refractivity contribution >= 4 is 0 Å². The number of hydrogen-bond donors (Lipinski definition) is 1. The van der Waals surface area contributed by atoms with E-state index in [0.717, 1.165) is 0 Å². The number of imidazole rings is 1. The van der Waals surface area contributed by atoms with E-state index in [-0.39, 0.29) is 0 Å². The van der Waals surface area contributed by atoms with Crippen LogP contribution in [0.25, 0.3) is 0 Å². The molecule has 1 aromatic rings. The van der Waals surface area contributed by atoms with Crippen LogP contribution in [0.1, 0.15) is 225 Å². The van der Waals surface area contributed by atoms with Gasteiger partial charge in [-0.2, -0.15) is 0 Å². The molecule has 0 radical (unpaired) electrons. The average molecular weight is 546 g/mol. The Morgan fingerprint density at radius 3 is 1.21 bits per heavy atom. The third kappa shape index (κ3) is 19.8. The molecule has 2 atom stereocenters. The minimum atomic E-state index is 0.621. The fourth-order valence-electron chi connectivity index (χ4n) is 6.43. The summed E-state index contributed by atoms with van der Waals surface area (Å²) in [4.78, 5) is 3.73. The number of aromatic amines is 1. The van der Waals surface area contributed by atoms with E-state index >= 15 is 0 Å². The zero-order valence-electron chi connectivity index (χ0n) is 27.6. The molecule has 2 unspecified atom stereocenters. The topological polar surface area (TPSA) is 19.7 Å². The van der Waals surface area contributed by atoms with Crippen molar-refractivity contribution in [3.05, 3.63) is 18.2 Å². The quantitative estimate of drug-likeness (QED) is 0.0732. The molecule has 0 fully saturated rings. The van der Waals surface area contributed by atoms with Crippen LogP contribution in [-0.4, -0.2) is 4.98 Å². The van der Waals surface area contributed by atoms with Crippen LogP contribution < -0.4 is 4.57 Å². The Bertz CT molecular complexity index is 606. The van der Waals surface area contributed by atoms with Gasteiger partial charge in [0, 0.05) is 0 Å². The van der Waals surface area contributed by atoms with Crippen molar-refractivity contribution < 1.29 is 4.57 Å². The van der Waals surface area contributed by atoms with E-state index in [1.54, 1.807) is 0 Å². The van der Waals surface area contributed by atoms with Gasteiger partial charge in [-0.15, -0.1) is 0 Å². The van der Waals surface area contributed by atoms with E-state index < -0.39 is 0 Å². The number of H-pyrrole nitrogens is 1. The molecule has 2 nitrogen and oxygen atoms in total. The van der Waals surface area contributed by atoms with Crippen molar-refractivity contribution in [1.29, 1.82) is 0 Å². The van der Waals surface area contributed by atoms with Crippen LogP contribution in [0.3, 0.4) is 0 Å². The van der Waals surface area contributed by atoms with E-state index in [4.69, 9.17) is 0 Å². The zero-order valence-corrected chi connectivity index (χ0v) is 27.6. The van der Waals surface area contributed by atoms with Gasteiger partial charge in [0.05, 0.1) is 12.0 Å². The monoisotopic (exact) mass is 546 g/mol. The first kappa shape index (κ1) is 36.2. The minimum Gasteiger partial charge on any atom is -0.247 e. The van der Waals surface area contributed by atoms with Crippen molar-refractivity contribution in [1.82, 2.24) is 4.98 Å². The molecule has 1 aromatic heterocycles. The highest BCUT2D eigenvalue weighted by molar-refractivity contribution is 4.90. The Balaban J connectivity index is 2.42. The van der Waals surface area contributed by atoms with Crippen LogP contribution in [0.5, 0.6) is 0 Å². The van der Waals surface area contributed by atoms with E-state index in [1.807, 2.05) is 0 Å². The zero-order chi connectivity index (χ0) is 28.2. The average Bonchev–Trinajstić information content (AvgIpc) is 3.44. The Labute approximate surface area is 246 Å². The summed E-state index contributed by atoms with van der Waals surface area (Å²) in [5.41, 5.74) is 0. The van der Waals surface area contributed by atoms with Gasteiger partial charge in [-0.3, -0.25) is 0 Å². The number of hydrogen-bond acceptors (Lipinski definition) is 0. The van der Waals surface area contributed by atoms with E-state index in [9.17, 15) is 0 Å². The lowest BCUT2D eigenvalue weighted by Crippen LogP contribution is -2.41. The van der Waals surface area contributed by atoms with E-state index in [0.29, 0.717) is 12.0 Å². The number of rotatable bonds is 30. The molecule has 0 saturated heterocycles. The predicted octanol–water partition coefficient (Wildman–Crippen LogP) is 12.9. The number of unbranched alkanes of at least 4 members (excludes halogenated alkanes) is 22. The SMILES string of the molecule is CCCCCCCCCCCCCCC(CCCCCCCCC)c1[nH]cc[n+]1C(C)CCCCCCCC. The molecule has 0 aliphatic carbocycles. The molecule has 0 saturated carbocycles. The summed E-state index contributed by atoms with van der Waals surface area (Å²) >= 11 is 0. The van der Waals surface area contributed by atoms with Crippen molar-refractivity contribution in [3.8, 4) is 0 Å². The first-order chi connectivity index (χ1) is 19.2. The maximum atomic E-state index is 3.73. The Morgan fingerprint density at radius 2 is 0.821 bits per heavy atom. The molecule has 39 heavy (non-hydrogen) atoms. The highest BCUT2D eigenvalue weighted by Gasteiger charge is 2.25. The first-order valence-electron chi connectivity index (χ1n) is 18.3. The summed E-state index contributed by atoms with van der Waals surface area (Å²) in [6.45, 7) is 9.40. The minimum absolute atomic E-state index is 0.621. The van der Waals surface area contributed by atoms with Gasteiger partial charge in [-0.05, 0) is 32.6 Å². The third-order valence-electron chi connectivity index (χ3n) is 9.14. The van der Waals surface area contributed by atoms with E-state index in [2.05, 4.69) is 49.6 Å². The van der Waals surface area contributed by atoms with Gasteiger partial charge >= 0.3 is 0 Å². The standard InChI is InChI=1S/C37H72N2/c1-5-8-11-14-17-18-19-20-21-23-26-29-32-36(31-28-25-22-15-12-9-6-2)37-38-33-34-39(37)35(4)30-27-24-16-13-10-7-3/h33-36H,5-32H2,1-4H3/p+1. The largest absolute Gasteiger partial charge is 0.257 e. The van der Waals surface area contributed by atoms with Gasteiger partial charge < -0.3 is 0 Å². The highest BCUT2D eigenvalue weighted by Crippen LogP contribution is 2.27. The molecule has 230 valence electrons. The van der Waals surface area contributed by atoms with Crippen LogP contribution >= 0.6 is 0 Å². The van der Waals surface area contributed by atoms with Gasteiger partial charge in [-0.25, -0.2) is 9.55 Å².